The summed E-state index contributed by atoms with van der Waals surface area (Å²) in [5.74, 6) is -1.36. The molecule has 6 heteroatoms. The van der Waals surface area contributed by atoms with Gasteiger partial charge in [-0.25, -0.2) is 9.18 Å². The van der Waals surface area contributed by atoms with Gasteiger partial charge >= 0.3 is 5.97 Å². The van der Waals surface area contributed by atoms with Crippen LogP contribution in [0.1, 0.15) is 22.5 Å². The summed E-state index contributed by atoms with van der Waals surface area (Å²) in [6, 6.07) is 6.70. The van der Waals surface area contributed by atoms with Gasteiger partial charge in [-0.3, -0.25) is 0 Å². The van der Waals surface area contributed by atoms with Crippen LogP contribution in [0.2, 0.25) is 0 Å². The highest BCUT2D eigenvalue weighted by Crippen LogP contribution is 2.25. The molecule has 0 fully saturated rings. The number of carbonyl (C=O) groups is 1. The number of nitrogens with zero attached hydrogens (tertiary/aromatic N) is 2. The van der Waals surface area contributed by atoms with Crippen molar-refractivity contribution in [2.75, 3.05) is 18.0 Å². The summed E-state index contributed by atoms with van der Waals surface area (Å²) in [6.45, 7) is 1.25. The van der Waals surface area contributed by atoms with Gasteiger partial charge < -0.3 is 14.4 Å². The van der Waals surface area contributed by atoms with E-state index in [2.05, 4.69) is 4.98 Å². The highest BCUT2D eigenvalue weighted by atomic mass is 19.1. The largest absolute Gasteiger partial charge is 0.476 e. The Kier molecular flexibility index (Phi) is 3.43. The molecule has 1 aliphatic rings. The van der Waals surface area contributed by atoms with E-state index in [1.807, 2.05) is 11.0 Å². The molecule has 1 N–H and O–H groups in total. The first-order valence-electron chi connectivity index (χ1n) is 6.52. The van der Waals surface area contributed by atoms with E-state index in [0.717, 1.165) is 23.8 Å². The average Bonchev–Trinajstić information content (AvgIpc) is 2.98. The quantitative estimate of drug-likeness (QED) is 0.940. The number of carboxylic acid groups (broad SMARTS) is 1. The number of anilines is 1. The van der Waals surface area contributed by atoms with E-state index in [0.29, 0.717) is 19.1 Å². The molecule has 2 heterocycles. The minimum absolute atomic E-state index is 0.0988. The van der Waals surface area contributed by atoms with Gasteiger partial charge in [0.2, 0.25) is 0 Å². The van der Waals surface area contributed by atoms with Crippen LogP contribution in [0.4, 0.5) is 10.4 Å². The van der Waals surface area contributed by atoms with Crippen LogP contribution in [-0.2, 0) is 0 Å². The van der Waals surface area contributed by atoms with Crippen molar-refractivity contribution in [2.24, 2.45) is 0 Å². The van der Waals surface area contributed by atoms with Crippen molar-refractivity contribution in [3.8, 4) is 0 Å². The van der Waals surface area contributed by atoms with Crippen LogP contribution >= 0.6 is 0 Å². The lowest BCUT2D eigenvalue weighted by Gasteiger charge is -2.24. The molecular formula is C15H13FN2O3. The van der Waals surface area contributed by atoms with Crippen LogP contribution in [-0.4, -0.2) is 29.1 Å². The van der Waals surface area contributed by atoms with E-state index in [9.17, 15) is 9.18 Å². The highest BCUT2D eigenvalue weighted by molar-refractivity contribution is 5.85. The predicted octanol–water partition coefficient (Wildman–Crippen LogP) is 2.81. The number of carboxylic acids is 1. The Hall–Kier alpha value is -2.63. The third-order valence-electron chi connectivity index (χ3n) is 3.41. The maximum atomic E-state index is 12.9. The van der Waals surface area contributed by atoms with Gasteiger partial charge in [0.1, 0.15) is 12.1 Å². The van der Waals surface area contributed by atoms with E-state index >= 15 is 0 Å². The van der Waals surface area contributed by atoms with Crippen LogP contribution in [0.15, 0.2) is 41.0 Å². The second kappa shape index (κ2) is 5.40. The van der Waals surface area contributed by atoms with Gasteiger partial charge in [-0.2, -0.15) is 4.98 Å². The van der Waals surface area contributed by atoms with E-state index < -0.39 is 5.97 Å². The summed E-state index contributed by atoms with van der Waals surface area (Å²) < 4.78 is 18.1. The zero-order chi connectivity index (χ0) is 14.8. The zero-order valence-electron chi connectivity index (χ0n) is 11.1. The second-order valence-corrected chi connectivity index (χ2v) is 4.75. The average molecular weight is 288 g/mol. The van der Waals surface area contributed by atoms with Crippen LogP contribution in [0.5, 0.6) is 0 Å². The molecule has 0 unspecified atom stereocenters. The van der Waals surface area contributed by atoms with Crippen LogP contribution < -0.4 is 4.90 Å². The molecule has 0 aliphatic carbocycles. The Morgan fingerprint density at radius 2 is 2.10 bits per heavy atom. The molecule has 5 nitrogen and oxygen atoms in total. The second-order valence-electron chi connectivity index (χ2n) is 4.75. The predicted molar refractivity (Wildman–Crippen MR) is 74.7 cm³/mol. The van der Waals surface area contributed by atoms with E-state index in [1.54, 1.807) is 12.1 Å². The Morgan fingerprint density at radius 3 is 2.67 bits per heavy atom. The summed E-state index contributed by atoms with van der Waals surface area (Å²) in [4.78, 5) is 16.6. The summed E-state index contributed by atoms with van der Waals surface area (Å²) in [7, 11) is 0. The third-order valence-corrected chi connectivity index (χ3v) is 3.41. The Balaban J connectivity index is 1.73. The molecule has 0 saturated carbocycles. The standard InChI is InChI=1S/C15H13FN2O3/c16-12-3-1-10(2-4-12)11-5-7-18(8-6-11)15-17-13(9-21-15)14(19)20/h1-5,9H,6-8H2,(H,19,20). The first-order chi connectivity index (χ1) is 10.1. The Labute approximate surface area is 120 Å². The molecule has 21 heavy (non-hydrogen) atoms. The van der Waals surface area contributed by atoms with Gasteiger partial charge in [0.05, 0.1) is 0 Å². The Bertz CT molecular complexity index is 691. The van der Waals surface area contributed by atoms with Crippen molar-refractivity contribution >= 4 is 17.6 Å². The number of hydrogen-bond donors (Lipinski definition) is 1. The van der Waals surface area contributed by atoms with Crippen LogP contribution in [0, 0.1) is 5.82 Å². The van der Waals surface area contributed by atoms with Gasteiger partial charge in [-0.1, -0.05) is 18.2 Å². The lowest BCUT2D eigenvalue weighted by Crippen LogP contribution is -2.28. The summed E-state index contributed by atoms with van der Waals surface area (Å²) in [5.41, 5.74) is 2.03. The molecule has 0 amide bonds. The first kappa shape index (κ1) is 13.4. The van der Waals surface area contributed by atoms with E-state index in [-0.39, 0.29) is 11.5 Å². The SMILES string of the molecule is O=C(O)c1coc(N2CC=C(c3ccc(F)cc3)CC2)n1. The molecule has 0 saturated heterocycles. The zero-order valence-corrected chi connectivity index (χ0v) is 11.1. The Morgan fingerprint density at radius 1 is 1.33 bits per heavy atom. The maximum Gasteiger partial charge on any atom is 0.357 e. The topological polar surface area (TPSA) is 66.6 Å². The summed E-state index contributed by atoms with van der Waals surface area (Å²) in [5, 5.41) is 8.83. The molecule has 2 aromatic rings. The molecule has 1 aromatic heterocycles. The molecular weight excluding hydrogens is 275 g/mol. The normalized spacial score (nSPS) is 14.9. The van der Waals surface area contributed by atoms with Crippen molar-refractivity contribution in [3.63, 3.8) is 0 Å². The molecule has 1 aromatic carbocycles. The highest BCUT2D eigenvalue weighted by Gasteiger charge is 2.19. The number of hydrogen-bond acceptors (Lipinski definition) is 4. The van der Waals surface area contributed by atoms with Crippen molar-refractivity contribution in [2.45, 2.75) is 6.42 Å². The molecule has 0 bridgehead atoms. The smallest absolute Gasteiger partial charge is 0.357 e. The number of halogens is 1. The number of rotatable bonds is 3. The van der Waals surface area contributed by atoms with Gasteiger partial charge in [0, 0.05) is 13.1 Å². The van der Waals surface area contributed by atoms with E-state index in [1.165, 1.54) is 12.1 Å². The van der Waals surface area contributed by atoms with Crippen LogP contribution in [0.3, 0.4) is 0 Å². The third kappa shape index (κ3) is 2.79. The molecule has 108 valence electrons. The summed E-state index contributed by atoms with van der Waals surface area (Å²) >= 11 is 0. The van der Waals surface area contributed by atoms with Crippen molar-refractivity contribution in [1.82, 2.24) is 4.98 Å². The molecule has 0 radical (unpaired) electrons. The number of aromatic nitrogens is 1. The van der Waals surface area contributed by atoms with Crippen molar-refractivity contribution in [3.05, 3.63) is 53.7 Å². The minimum Gasteiger partial charge on any atom is -0.476 e. The summed E-state index contributed by atoms with van der Waals surface area (Å²) in [6.07, 6.45) is 3.91. The van der Waals surface area contributed by atoms with E-state index in [4.69, 9.17) is 9.52 Å². The molecule has 1 aliphatic heterocycles. The molecule has 3 rings (SSSR count). The number of aromatic carboxylic acids is 1. The van der Waals surface area contributed by atoms with Gasteiger partial charge in [-0.15, -0.1) is 0 Å². The van der Waals surface area contributed by atoms with Crippen molar-refractivity contribution < 1.29 is 18.7 Å². The van der Waals surface area contributed by atoms with Crippen molar-refractivity contribution in [1.29, 1.82) is 0 Å². The van der Waals surface area contributed by atoms with Gasteiger partial charge in [0.15, 0.2) is 5.69 Å². The fraction of sp³-hybridized carbons (Fsp3) is 0.200. The van der Waals surface area contributed by atoms with Crippen LogP contribution in [0.25, 0.3) is 5.57 Å². The fourth-order valence-electron chi connectivity index (χ4n) is 2.28. The number of oxazole rings is 1. The fourth-order valence-corrected chi connectivity index (χ4v) is 2.28. The molecule has 0 spiro atoms. The van der Waals surface area contributed by atoms with Gasteiger partial charge in [-0.05, 0) is 29.7 Å². The monoisotopic (exact) mass is 288 g/mol. The molecule has 0 atom stereocenters. The minimum atomic E-state index is -1.11. The number of benzene rings is 1. The lowest BCUT2D eigenvalue weighted by atomic mass is 10.00. The lowest BCUT2D eigenvalue weighted by molar-refractivity contribution is 0.0690. The van der Waals surface area contributed by atoms with Gasteiger partial charge in [0.25, 0.3) is 6.01 Å². The first-order valence-corrected chi connectivity index (χ1v) is 6.52. The maximum absolute atomic E-state index is 12.9.